The van der Waals surface area contributed by atoms with E-state index in [-0.39, 0.29) is 23.5 Å². The molecule has 116 valence electrons. The van der Waals surface area contributed by atoms with Gasteiger partial charge >= 0.3 is 0 Å². The molecule has 0 saturated heterocycles. The molecule has 1 amide bonds. The van der Waals surface area contributed by atoms with Gasteiger partial charge < -0.3 is 15.4 Å². The minimum atomic E-state index is -0.228. The van der Waals surface area contributed by atoms with E-state index in [9.17, 15) is 4.79 Å². The maximum Gasteiger partial charge on any atom is 0.241 e. The normalized spacial score (nSPS) is 25.0. The molecule has 4 heteroatoms. The molecule has 3 unspecified atom stereocenters. The summed E-state index contributed by atoms with van der Waals surface area (Å²) < 4.78 is 5.44. The third-order valence-corrected chi connectivity index (χ3v) is 4.63. The third kappa shape index (κ3) is 3.44. The van der Waals surface area contributed by atoms with E-state index in [1.165, 1.54) is 5.56 Å². The van der Waals surface area contributed by atoms with Gasteiger partial charge in [0.2, 0.25) is 5.91 Å². The summed E-state index contributed by atoms with van der Waals surface area (Å²) in [6, 6.07) is 7.91. The standard InChI is InChI=1S/C17H26N2O2/c1-11-6-8-13(9-7-11)19-16(20)12(2)18-14-10-15(21-5)17(14,3)4/h6-9,12,14-15,18H,10H2,1-5H3,(H,19,20). The number of ether oxygens (including phenoxy) is 1. The Hall–Kier alpha value is -1.39. The third-order valence-electron chi connectivity index (χ3n) is 4.63. The second-order valence-corrected chi connectivity index (χ2v) is 6.58. The molecule has 2 rings (SSSR count). The van der Waals surface area contributed by atoms with E-state index in [1.807, 2.05) is 38.1 Å². The number of anilines is 1. The number of benzene rings is 1. The fraction of sp³-hybridized carbons (Fsp3) is 0.588. The van der Waals surface area contributed by atoms with E-state index in [2.05, 4.69) is 24.5 Å². The van der Waals surface area contributed by atoms with Crippen LogP contribution < -0.4 is 10.6 Å². The van der Waals surface area contributed by atoms with Gasteiger partial charge in [0.1, 0.15) is 0 Å². The molecule has 1 fully saturated rings. The molecular weight excluding hydrogens is 264 g/mol. The molecule has 0 aliphatic heterocycles. The van der Waals surface area contributed by atoms with Crippen LogP contribution in [0, 0.1) is 12.3 Å². The van der Waals surface area contributed by atoms with E-state index >= 15 is 0 Å². The van der Waals surface area contributed by atoms with Gasteiger partial charge in [0.15, 0.2) is 0 Å². The van der Waals surface area contributed by atoms with Crippen molar-refractivity contribution in [1.29, 1.82) is 0 Å². The minimum Gasteiger partial charge on any atom is -0.381 e. The maximum atomic E-state index is 12.2. The molecule has 1 saturated carbocycles. The number of carbonyl (C=O) groups excluding carboxylic acids is 1. The Kier molecular flexibility index (Phi) is 4.69. The SMILES string of the molecule is COC1CC(NC(C)C(=O)Nc2ccc(C)cc2)C1(C)C. The van der Waals surface area contributed by atoms with Gasteiger partial charge in [-0.05, 0) is 32.4 Å². The second kappa shape index (κ2) is 6.16. The maximum absolute atomic E-state index is 12.2. The van der Waals surface area contributed by atoms with Gasteiger partial charge in [0.05, 0.1) is 12.1 Å². The number of hydrogen-bond donors (Lipinski definition) is 2. The largest absolute Gasteiger partial charge is 0.381 e. The second-order valence-electron chi connectivity index (χ2n) is 6.58. The van der Waals surface area contributed by atoms with Crippen LogP contribution in [0.5, 0.6) is 0 Å². The highest BCUT2D eigenvalue weighted by Crippen LogP contribution is 2.42. The van der Waals surface area contributed by atoms with E-state index in [4.69, 9.17) is 4.74 Å². The van der Waals surface area contributed by atoms with Crippen LogP contribution in [-0.2, 0) is 9.53 Å². The molecule has 0 radical (unpaired) electrons. The van der Waals surface area contributed by atoms with E-state index in [0.29, 0.717) is 6.04 Å². The summed E-state index contributed by atoms with van der Waals surface area (Å²) in [5, 5.41) is 6.35. The topological polar surface area (TPSA) is 50.4 Å². The predicted molar refractivity (Wildman–Crippen MR) is 85.4 cm³/mol. The fourth-order valence-corrected chi connectivity index (χ4v) is 2.83. The molecule has 0 bridgehead atoms. The van der Waals surface area contributed by atoms with E-state index < -0.39 is 0 Å². The number of nitrogens with one attached hydrogen (secondary N) is 2. The van der Waals surface area contributed by atoms with Crippen molar-refractivity contribution >= 4 is 11.6 Å². The van der Waals surface area contributed by atoms with Crippen molar-refractivity contribution in [2.75, 3.05) is 12.4 Å². The average Bonchev–Trinajstić information content (AvgIpc) is 2.45. The lowest BCUT2D eigenvalue weighted by atomic mass is 9.64. The van der Waals surface area contributed by atoms with Crippen molar-refractivity contribution in [3.05, 3.63) is 29.8 Å². The Labute approximate surface area is 127 Å². The summed E-state index contributed by atoms with van der Waals surface area (Å²) in [6.45, 7) is 8.28. The van der Waals surface area contributed by atoms with Crippen molar-refractivity contribution in [2.45, 2.75) is 52.3 Å². The van der Waals surface area contributed by atoms with Crippen molar-refractivity contribution in [3.8, 4) is 0 Å². The molecule has 3 atom stereocenters. The minimum absolute atomic E-state index is 0.00415. The molecule has 1 aliphatic carbocycles. The van der Waals surface area contributed by atoms with Gasteiger partial charge in [0, 0.05) is 24.3 Å². The first-order valence-corrected chi connectivity index (χ1v) is 7.51. The zero-order valence-electron chi connectivity index (χ0n) is 13.6. The predicted octanol–water partition coefficient (Wildman–Crippen LogP) is 2.73. The van der Waals surface area contributed by atoms with Crippen molar-refractivity contribution < 1.29 is 9.53 Å². The van der Waals surface area contributed by atoms with Gasteiger partial charge in [-0.2, -0.15) is 0 Å². The fourth-order valence-electron chi connectivity index (χ4n) is 2.83. The molecule has 0 spiro atoms. The molecule has 21 heavy (non-hydrogen) atoms. The van der Waals surface area contributed by atoms with E-state index in [1.54, 1.807) is 7.11 Å². The van der Waals surface area contributed by atoms with Crippen LogP contribution in [0.1, 0.15) is 32.8 Å². The van der Waals surface area contributed by atoms with Gasteiger partial charge in [-0.15, -0.1) is 0 Å². The first-order valence-electron chi connectivity index (χ1n) is 7.51. The van der Waals surface area contributed by atoms with Gasteiger partial charge in [0.25, 0.3) is 0 Å². The van der Waals surface area contributed by atoms with Crippen LogP contribution in [0.2, 0.25) is 0 Å². The molecule has 0 heterocycles. The Morgan fingerprint density at radius 3 is 2.48 bits per heavy atom. The highest BCUT2D eigenvalue weighted by molar-refractivity contribution is 5.94. The molecule has 1 aromatic rings. The van der Waals surface area contributed by atoms with Gasteiger partial charge in [-0.25, -0.2) is 0 Å². The smallest absolute Gasteiger partial charge is 0.241 e. The Balaban J connectivity index is 1.87. The average molecular weight is 290 g/mol. The summed E-state index contributed by atoms with van der Waals surface area (Å²) in [5.74, 6) is -0.00415. The molecule has 0 aromatic heterocycles. The Morgan fingerprint density at radius 2 is 1.95 bits per heavy atom. The number of hydrogen-bond acceptors (Lipinski definition) is 3. The molecule has 4 nitrogen and oxygen atoms in total. The van der Waals surface area contributed by atoms with Crippen molar-refractivity contribution in [2.24, 2.45) is 5.41 Å². The number of amides is 1. The number of aryl methyl sites for hydroxylation is 1. The summed E-state index contributed by atoms with van der Waals surface area (Å²) in [5.41, 5.74) is 2.08. The number of methoxy groups -OCH3 is 1. The van der Waals surface area contributed by atoms with Crippen LogP contribution in [0.3, 0.4) is 0 Å². The zero-order chi connectivity index (χ0) is 15.6. The van der Waals surface area contributed by atoms with Crippen LogP contribution in [0.15, 0.2) is 24.3 Å². The lowest BCUT2D eigenvalue weighted by molar-refractivity contribution is -0.122. The highest BCUT2D eigenvalue weighted by Gasteiger charge is 2.49. The summed E-state index contributed by atoms with van der Waals surface area (Å²) in [4.78, 5) is 12.2. The molecular formula is C17H26N2O2. The quantitative estimate of drug-likeness (QED) is 0.876. The number of carbonyl (C=O) groups is 1. The molecule has 1 aliphatic rings. The van der Waals surface area contributed by atoms with Gasteiger partial charge in [-0.1, -0.05) is 31.5 Å². The Morgan fingerprint density at radius 1 is 1.33 bits per heavy atom. The summed E-state index contributed by atoms with van der Waals surface area (Å²) in [6.07, 6.45) is 1.22. The number of rotatable bonds is 5. The lowest BCUT2D eigenvalue weighted by Crippen LogP contribution is -2.63. The first-order chi connectivity index (χ1) is 9.84. The molecule has 2 N–H and O–H groups in total. The van der Waals surface area contributed by atoms with Crippen molar-refractivity contribution in [3.63, 3.8) is 0 Å². The van der Waals surface area contributed by atoms with Crippen LogP contribution in [0.4, 0.5) is 5.69 Å². The zero-order valence-corrected chi connectivity index (χ0v) is 13.6. The van der Waals surface area contributed by atoms with Gasteiger partial charge in [-0.3, -0.25) is 4.79 Å². The lowest BCUT2D eigenvalue weighted by Gasteiger charge is -2.52. The molecule has 1 aromatic carbocycles. The van der Waals surface area contributed by atoms with E-state index in [0.717, 1.165) is 12.1 Å². The Bertz CT molecular complexity index is 496. The van der Waals surface area contributed by atoms with Crippen LogP contribution in [0.25, 0.3) is 0 Å². The monoisotopic (exact) mass is 290 g/mol. The van der Waals surface area contributed by atoms with Crippen LogP contribution >= 0.6 is 0 Å². The summed E-state index contributed by atoms with van der Waals surface area (Å²) >= 11 is 0. The first kappa shape index (κ1) is 16.0. The van der Waals surface area contributed by atoms with Crippen molar-refractivity contribution in [1.82, 2.24) is 5.32 Å². The van der Waals surface area contributed by atoms with Crippen LogP contribution in [-0.4, -0.2) is 31.2 Å². The highest BCUT2D eigenvalue weighted by atomic mass is 16.5. The summed E-state index contributed by atoms with van der Waals surface area (Å²) in [7, 11) is 1.75.